The van der Waals surface area contributed by atoms with Gasteiger partial charge in [0.25, 0.3) is 0 Å². The second-order valence-electron chi connectivity index (χ2n) is 5.42. The molecule has 1 fully saturated rings. The van der Waals surface area contributed by atoms with E-state index >= 15 is 0 Å². The van der Waals surface area contributed by atoms with Crippen LogP contribution in [0.4, 0.5) is 5.82 Å². The van der Waals surface area contributed by atoms with Crippen molar-refractivity contribution >= 4 is 5.82 Å². The first kappa shape index (κ1) is 13.9. The van der Waals surface area contributed by atoms with E-state index in [1.807, 2.05) is 24.4 Å². The molecule has 1 saturated carbocycles. The Morgan fingerprint density at radius 3 is 2.71 bits per heavy atom. The molecule has 1 N–H and O–H groups in total. The van der Waals surface area contributed by atoms with Gasteiger partial charge in [0.1, 0.15) is 17.4 Å². The van der Waals surface area contributed by atoms with Gasteiger partial charge in [-0.05, 0) is 43.0 Å². The summed E-state index contributed by atoms with van der Waals surface area (Å²) in [6.07, 6.45) is 5.32. The van der Waals surface area contributed by atoms with E-state index in [1.165, 1.54) is 18.4 Å². The van der Waals surface area contributed by atoms with E-state index in [1.54, 1.807) is 0 Å². The molecule has 0 aliphatic heterocycles. The summed E-state index contributed by atoms with van der Waals surface area (Å²) in [7, 11) is 0. The SMILES string of the molecule is CCCOc1ccc(CNc2ccnc(C3CC3)n2)cc1. The van der Waals surface area contributed by atoms with E-state index < -0.39 is 0 Å². The maximum Gasteiger partial charge on any atom is 0.133 e. The van der Waals surface area contributed by atoms with Crippen molar-refractivity contribution < 1.29 is 4.74 Å². The zero-order chi connectivity index (χ0) is 14.5. The first-order valence-corrected chi connectivity index (χ1v) is 7.63. The smallest absolute Gasteiger partial charge is 0.133 e. The van der Waals surface area contributed by atoms with E-state index in [0.29, 0.717) is 5.92 Å². The van der Waals surface area contributed by atoms with E-state index in [2.05, 4.69) is 34.3 Å². The van der Waals surface area contributed by atoms with Gasteiger partial charge in [0.15, 0.2) is 0 Å². The first-order valence-electron chi connectivity index (χ1n) is 7.63. The van der Waals surface area contributed by atoms with Gasteiger partial charge in [0.2, 0.25) is 0 Å². The summed E-state index contributed by atoms with van der Waals surface area (Å²) in [6, 6.07) is 10.1. The third-order valence-electron chi connectivity index (χ3n) is 3.49. The third kappa shape index (κ3) is 3.94. The Morgan fingerprint density at radius 2 is 2.00 bits per heavy atom. The normalized spacial score (nSPS) is 14.0. The number of nitrogens with one attached hydrogen (secondary N) is 1. The van der Waals surface area contributed by atoms with Gasteiger partial charge in [-0.3, -0.25) is 0 Å². The van der Waals surface area contributed by atoms with Gasteiger partial charge in [0, 0.05) is 18.7 Å². The fourth-order valence-corrected chi connectivity index (χ4v) is 2.13. The van der Waals surface area contributed by atoms with Crippen molar-refractivity contribution in [2.45, 2.75) is 38.6 Å². The van der Waals surface area contributed by atoms with Crippen molar-refractivity contribution in [3.63, 3.8) is 0 Å². The van der Waals surface area contributed by atoms with Crippen molar-refractivity contribution in [2.24, 2.45) is 0 Å². The van der Waals surface area contributed by atoms with E-state index in [4.69, 9.17) is 4.74 Å². The van der Waals surface area contributed by atoms with Crippen molar-refractivity contribution in [3.05, 3.63) is 47.9 Å². The van der Waals surface area contributed by atoms with Crippen molar-refractivity contribution in [3.8, 4) is 5.75 Å². The Morgan fingerprint density at radius 1 is 1.19 bits per heavy atom. The highest BCUT2D eigenvalue weighted by Crippen LogP contribution is 2.38. The zero-order valence-corrected chi connectivity index (χ0v) is 12.4. The third-order valence-corrected chi connectivity index (χ3v) is 3.49. The minimum Gasteiger partial charge on any atom is -0.494 e. The Kier molecular flexibility index (Phi) is 4.34. The number of hydrogen-bond donors (Lipinski definition) is 1. The fraction of sp³-hybridized carbons (Fsp3) is 0.412. The molecule has 1 heterocycles. The quantitative estimate of drug-likeness (QED) is 0.840. The van der Waals surface area contributed by atoms with Crippen LogP contribution in [0.1, 0.15) is 43.5 Å². The van der Waals surface area contributed by atoms with Gasteiger partial charge in [-0.2, -0.15) is 0 Å². The molecule has 1 aromatic heterocycles. The Bertz CT molecular complexity index is 579. The number of hydrogen-bond acceptors (Lipinski definition) is 4. The minimum atomic E-state index is 0.585. The minimum absolute atomic E-state index is 0.585. The summed E-state index contributed by atoms with van der Waals surface area (Å²) in [5.74, 6) is 3.39. The van der Waals surface area contributed by atoms with E-state index in [-0.39, 0.29) is 0 Å². The van der Waals surface area contributed by atoms with Crippen LogP contribution in [0.15, 0.2) is 36.5 Å². The van der Waals surface area contributed by atoms with Crippen LogP contribution in [0.2, 0.25) is 0 Å². The second kappa shape index (κ2) is 6.57. The van der Waals surface area contributed by atoms with Crippen LogP contribution in [0.5, 0.6) is 5.75 Å². The molecule has 0 unspecified atom stereocenters. The second-order valence-corrected chi connectivity index (χ2v) is 5.42. The number of ether oxygens (including phenoxy) is 1. The predicted molar refractivity (Wildman–Crippen MR) is 83.6 cm³/mol. The molecule has 3 rings (SSSR count). The molecule has 4 nitrogen and oxygen atoms in total. The van der Waals surface area contributed by atoms with Gasteiger partial charge in [-0.25, -0.2) is 9.97 Å². The van der Waals surface area contributed by atoms with Gasteiger partial charge >= 0.3 is 0 Å². The van der Waals surface area contributed by atoms with Crippen LogP contribution in [-0.4, -0.2) is 16.6 Å². The molecule has 0 atom stereocenters. The van der Waals surface area contributed by atoms with E-state index in [9.17, 15) is 0 Å². The summed E-state index contributed by atoms with van der Waals surface area (Å²) in [6.45, 7) is 3.63. The van der Waals surface area contributed by atoms with Crippen LogP contribution in [0.3, 0.4) is 0 Å². The summed E-state index contributed by atoms with van der Waals surface area (Å²) < 4.78 is 5.58. The van der Waals surface area contributed by atoms with Crippen LogP contribution in [-0.2, 0) is 6.54 Å². The topological polar surface area (TPSA) is 47.0 Å². The Balaban J connectivity index is 1.55. The van der Waals surface area contributed by atoms with Crippen molar-refractivity contribution in [1.82, 2.24) is 9.97 Å². The molecular weight excluding hydrogens is 262 g/mol. The lowest BCUT2D eigenvalue weighted by atomic mass is 10.2. The van der Waals surface area contributed by atoms with Gasteiger partial charge in [-0.1, -0.05) is 19.1 Å². The number of nitrogens with zero attached hydrogens (tertiary/aromatic N) is 2. The summed E-state index contributed by atoms with van der Waals surface area (Å²) in [4.78, 5) is 8.89. The summed E-state index contributed by atoms with van der Waals surface area (Å²) >= 11 is 0. The highest BCUT2D eigenvalue weighted by Gasteiger charge is 2.26. The van der Waals surface area contributed by atoms with Gasteiger partial charge in [0.05, 0.1) is 6.61 Å². The van der Waals surface area contributed by atoms with Gasteiger partial charge < -0.3 is 10.1 Å². The highest BCUT2D eigenvalue weighted by molar-refractivity contribution is 5.36. The molecule has 1 aliphatic rings. The zero-order valence-electron chi connectivity index (χ0n) is 12.4. The van der Waals surface area contributed by atoms with Crippen molar-refractivity contribution in [2.75, 3.05) is 11.9 Å². The molecule has 2 aromatic rings. The number of rotatable bonds is 7. The molecule has 21 heavy (non-hydrogen) atoms. The average Bonchev–Trinajstić information content (AvgIpc) is 3.37. The number of benzene rings is 1. The lowest BCUT2D eigenvalue weighted by molar-refractivity contribution is 0.317. The van der Waals surface area contributed by atoms with Crippen LogP contribution >= 0.6 is 0 Å². The lowest BCUT2D eigenvalue weighted by Crippen LogP contribution is -2.03. The summed E-state index contributed by atoms with van der Waals surface area (Å²) in [5.41, 5.74) is 1.21. The summed E-state index contributed by atoms with van der Waals surface area (Å²) in [5, 5.41) is 3.35. The van der Waals surface area contributed by atoms with E-state index in [0.717, 1.165) is 37.0 Å². The molecule has 0 spiro atoms. The predicted octanol–water partition coefficient (Wildman–Crippen LogP) is 3.75. The Labute approximate surface area is 125 Å². The maximum atomic E-state index is 5.58. The molecule has 4 heteroatoms. The van der Waals surface area contributed by atoms with Crippen molar-refractivity contribution in [1.29, 1.82) is 0 Å². The first-order chi connectivity index (χ1) is 10.3. The molecule has 0 amide bonds. The molecule has 0 bridgehead atoms. The van der Waals surface area contributed by atoms with Crippen LogP contribution in [0, 0.1) is 0 Å². The Hall–Kier alpha value is -2.10. The number of anilines is 1. The van der Waals surface area contributed by atoms with Gasteiger partial charge in [-0.15, -0.1) is 0 Å². The fourth-order valence-electron chi connectivity index (χ4n) is 2.13. The number of aromatic nitrogens is 2. The highest BCUT2D eigenvalue weighted by atomic mass is 16.5. The molecule has 1 aromatic carbocycles. The average molecular weight is 283 g/mol. The van der Waals surface area contributed by atoms with Crippen LogP contribution < -0.4 is 10.1 Å². The van der Waals surface area contributed by atoms with Crippen LogP contribution in [0.25, 0.3) is 0 Å². The monoisotopic (exact) mass is 283 g/mol. The standard InChI is InChI=1S/C17H21N3O/c1-2-11-21-15-7-3-13(4-8-15)12-19-16-9-10-18-17(20-16)14-5-6-14/h3-4,7-10,14H,2,5-6,11-12H2,1H3,(H,18,19,20). The molecular formula is C17H21N3O. The molecule has 110 valence electrons. The molecule has 0 radical (unpaired) electrons. The lowest BCUT2D eigenvalue weighted by Gasteiger charge is -2.08. The maximum absolute atomic E-state index is 5.58. The largest absolute Gasteiger partial charge is 0.494 e. The molecule has 0 saturated heterocycles. The molecule has 1 aliphatic carbocycles.